The Morgan fingerprint density at radius 1 is 1.28 bits per heavy atom. The molecule has 1 aromatic carbocycles. The number of H-pyrrole nitrogens is 1. The summed E-state index contributed by atoms with van der Waals surface area (Å²) < 4.78 is 0. The summed E-state index contributed by atoms with van der Waals surface area (Å²) >= 11 is 5.58. The van der Waals surface area contributed by atoms with E-state index in [2.05, 4.69) is 31.0 Å². The molecule has 0 saturated heterocycles. The summed E-state index contributed by atoms with van der Waals surface area (Å²) in [7, 11) is 0. The summed E-state index contributed by atoms with van der Waals surface area (Å²) in [4.78, 5) is 11.4. The molecule has 3 nitrogen and oxygen atoms in total. The molecule has 94 valence electrons. The van der Waals surface area contributed by atoms with Gasteiger partial charge in [-0.25, -0.2) is 0 Å². The molecule has 0 spiro atoms. The third-order valence-electron chi connectivity index (χ3n) is 2.80. The van der Waals surface area contributed by atoms with Crippen LogP contribution in [0, 0.1) is 0 Å². The van der Waals surface area contributed by atoms with E-state index >= 15 is 0 Å². The fourth-order valence-electron chi connectivity index (χ4n) is 1.72. The maximum atomic E-state index is 11.4. The van der Waals surface area contributed by atoms with Gasteiger partial charge < -0.3 is 0 Å². The van der Waals surface area contributed by atoms with Crippen LogP contribution in [0.15, 0.2) is 30.3 Å². The molecule has 0 saturated carbocycles. The van der Waals surface area contributed by atoms with Gasteiger partial charge in [0.15, 0.2) is 0 Å². The Hall–Kier alpha value is -1.61. The summed E-state index contributed by atoms with van der Waals surface area (Å²) in [6.45, 7) is 6.30. The first-order valence-corrected chi connectivity index (χ1v) is 6.12. The lowest BCUT2D eigenvalue weighted by molar-refractivity contribution is 0.108. The van der Waals surface area contributed by atoms with Gasteiger partial charge >= 0.3 is 0 Å². The Bertz CT molecular complexity index is 581. The van der Waals surface area contributed by atoms with E-state index in [4.69, 9.17) is 11.6 Å². The number of nitrogens with zero attached hydrogens (tertiary/aromatic N) is 1. The maximum absolute atomic E-state index is 11.4. The molecule has 0 radical (unpaired) electrons. The van der Waals surface area contributed by atoms with Gasteiger partial charge in [0.05, 0.1) is 5.69 Å². The summed E-state index contributed by atoms with van der Waals surface area (Å²) in [5.74, 6) is 0. The third-order valence-corrected chi connectivity index (χ3v) is 3.00. The van der Waals surface area contributed by atoms with Crippen molar-refractivity contribution in [2.45, 2.75) is 26.2 Å². The fraction of sp³-hybridized carbons (Fsp3) is 0.286. The highest BCUT2D eigenvalue weighted by molar-refractivity contribution is 6.68. The van der Waals surface area contributed by atoms with Crippen LogP contribution in [0.3, 0.4) is 0 Å². The second-order valence-corrected chi connectivity index (χ2v) is 5.58. The van der Waals surface area contributed by atoms with Crippen LogP contribution >= 0.6 is 11.6 Å². The van der Waals surface area contributed by atoms with Gasteiger partial charge in [0.1, 0.15) is 0 Å². The first kappa shape index (κ1) is 12.8. The molecule has 0 aliphatic heterocycles. The number of halogens is 1. The van der Waals surface area contributed by atoms with Crippen molar-refractivity contribution in [2.75, 3.05) is 0 Å². The molecule has 0 fully saturated rings. The molecule has 0 atom stereocenters. The summed E-state index contributed by atoms with van der Waals surface area (Å²) in [5, 5.41) is 6.80. The van der Waals surface area contributed by atoms with Crippen LogP contribution in [0.2, 0.25) is 0 Å². The zero-order chi connectivity index (χ0) is 13.3. The van der Waals surface area contributed by atoms with Crippen LogP contribution in [-0.4, -0.2) is 15.4 Å². The smallest absolute Gasteiger partial charge is 0.253 e. The molecule has 0 aliphatic rings. The number of nitrogens with one attached hydrogen (secondary N) is 1. The monoisotopic (exact) mass is 262 g/mol. The lowest BCUT2D eigenvalue weighted by Gasteiger charge is -2.14. The zero-order valence-corrected chi connectivity index (χ0v) is 11.4. The molecule has 0 aliphatic carbocycles. The topological polar surface area (TPSA) is 45.8 Å². The molecule has 18 heavy (non-hydrogen) atoms. The summed E-state index contributed by atoms with van der Waals surface area (Å²) in [6, 6.07) is 9.16. The van der Waals surface area contributed by atoms with E-state index in [-0.39, 0.29) is 5.41 Å². The Labute approximate surface area is 111 Å². The van der Waals surface area contributed by atoms with Gasteiger partial charge in [-0.05, 0) is 23.7 Å². The number of rotatable bonds is 2. The molecule has 2 rings (SSSR count). The van der Waals surface area contributed by atoms with Crippen LogP contribution in [0.1, 0.15) is 36.8 Å². The molecular formula is C14H15ClN2O. The molecule has 1 N–H and O–H groups in total. The highest BCUT2D eigenvalue weighted by atomic mass is 35.5. The van der Waals surface area contributed by atoms with E-state index in [1.807, 2.05) is 18.2 Å². The first-order chi connectivity index (χ1) is 8.39. The summed E-state index contributed by atoms with van der Waals surface area (Å²) in [6.07, 6.45) is 0. The van der Waals surface area contributed by atoms with Crippen molar-refractivity contribution in [3.05, 3.63) is 41.6 Å². The Morgan fingerprint density at radius 2 is 1.94 bits per heavy atom. The van der Waals surface area contributed by atoms with Crippen molar-refractivity contribution in [1.82, 2.24) is 10.2 Å². The van der Waals surface area contributed by atoms with Crippen LogP contribution in [-0.2, 0) is 5.41 Å². The number of carbonyl (C=O) groups is 1. The second-order valence-electron chi connectivity index (χ2n) is 5.24. The van der Waals surface area contributed by atoms with Crippen molar-refractivity contribution in [2.24, 2.45) is 0 Å². The highest BCUT2D eigenvalue weighted by Crippen LogP contribution is 2.27. The Kier molecular flexibility index (Phi) is 3.26. The van der Waals surface area contributed by atoms with Crippen molar-refractivity contribution in [3.63, 3.8) is 0 Å². The number of carbonyl (C=O) groups excluding carboxylic acids is 1. The standard InChI is InChI=1S/C14H15ClN2O/c1-14(2,3)12-8-11(16-17-12)9-6-4-5-7-10(9)13(15)18/h4-8H,1-3H3,(H,16,17). The van der Waals surface area contributed by atoms with Gasteiger partial charge in [-0.15, -0.1) is 0 Å². The number of aromatic amines is 1. The van der Waals surface area contributed by atoms with Crippen molar-refractivity contribution in [1.29, 1.82) is 0 Å². The van der Waals surface area contributed by atoms with Crippen LogP contribution in [0.25, 0.3) is 11.3 Å². The number of hydrogen-bond acceptors (Lipinski definition) is 2. The van der Waals surface area contributed by atoms with E-state index in [1.165, 1.54) is 0 Å². The predicted molar refractivity (Wildman–Crippen MR) is 72.9 cm³/mol. The minimum absolute atomic E-state index is 0.00876. The number of hydrogen-bond donors (Lipinski definition) is 1. The van der Waals surface area contributed by atoms with Gasteiger partial charge in [0.2, 0.25) is 0 Å². The van der Waals surface area contributed by atoms with Gasteiger partial charge in [-0.2, -0.15) is 5.10 Å². The molecule has 1 aromatic heterocycles. The van der Waals surface area contributed by atoms with E-state index < -0.39 is 5.24 Å². The average molecular weight is 263 g/mol. The predicted octanol–water partition coefficient (Wildman–Crippen LogP) is 3.75. The lowest BCUT2D eigenvalue weighted by atomic mass is 9.91. The highest BCUT2D eigenvalue weighted by Gasteiger charge is 2.19. The Balaban J connectivity index is 2.50. The molecular weight excluding hydrogens is 248 g/mol. The quantitative estimate of drug-likeness (QED) is 0.838. The van der Waals surface area contributed by atoms with Crippen LogP contribution < -0.4 is 0 Å². The van der Waals surface area contributed by atoms with Crippen LogP contribution in [0.4, 0.5) is 0 Å². The molecule has 0 unspecified atom stereocenters. The average Bonchev–Trinajstić information content (AvgIpc) is 2.77. The molecule has 1 heterocycles. The molecule has 0 amide bonds. The van der Waals surface area contributed by atoms with Crippen LogP contribution in [0.5, 0.6) is 0 Å². The normalized spacial score (nSPS) is 11.6. The fourth-order valence-corrected chi connectivity index (χ4v) is 1.89. The maximum Gasteiger partial charge on any atom is 0.253 e. The molecule has 2 aromatic rings. The number of benzene rings is 1. The number of aromatic nitrogens is 2. The largest absolute Gasteiger partial charge is 0.281 e. The lowest BCUT2D eigenvalue weighted by Crippen LogP contribution is -2.11. The van der Waals surface area contributed by atoms with Gasteiger partial charge in [0.25, 0.3) is 5.24 Å². The second kappa shape index (κ2) is 4.58. The van der Waals surface area contributed by atoms with Gasteiger partial charge in [-0.1, -0.05) is 39.0 Å². The minimum atomic E-state index is -0.467. The summed E-state index contributed by atoms with van der Waals surface area (Å²) in [5.41, 5.74) is 2.99. The molecule has 0 bridgehead atoms. The minimum Gasteiger partial charge on any atom is -0.281 e. The van der Waals surface area contributed by atoms with Crippen molar-refractivity contribution < 1.29 is 4.79 Å². The van der Waals surface area contributed by atoms with Crippen molar-refractivity contribution in [3.8, 4) is 11.3 Å². The zero-order valence-electron chi connectivity index (χ0n) is 10.6. The van der Waals surface area contributed by atoms with E-state index in [0.717, 1.165) is 17.0 Å². The van der Waals surface area contributed by atoms with Gasteiger partial charge in [0, 0.05) is 22.2 Å². The molecule has 4 heteroatoms. The SMILES string of the molecule is CC(C)(C)c1cc(-c2ccccc2C(=O)Cl)n[nH]1. The third kappa shape index (κ3) is 2.46. The first-order valence-electron chi connectivity index (χ1n) is 5.75. The Morgan fingerprint density at radius 3 is 2.50 bits per heavy atom. The van der Waals surface area contributed by atoms with E-state index in [0.29, 0.717) is 5.56 Å². The van der Waals surface area contributed by atoms with E-state index in [9.17, 15) is 4.79 Å². The van der Waals surface area contributed by atoms with E-state index in [1.54, 1.807) is 12.1 Å². The van der Waals surface area contributed by atoms with Gasteiger partial charge in [-0.3, -0.25) is 9.89 Å². The van der Waals surface area contributed by atoms with Crippen molar-refractivity contribution >= 4 is 16.8 Å².